The minimum absolute atomic E-state index is 0.0123. The van der Waals surface area contributed by atoms with Crippen molar-refractivity contribution >= 4 is 11.8 Å². The lowest BCUT2D eigenvalue weighted by Gasteiger charge is -2.41. The number of hydrogen-bond donors (Lipinski definition) is 2. The van der Waals surface area contributed by atoms with Gasteiger partial charge in [0.05, 0.1) is 6.61 Å². The predicted molar refractivity (Wildman–Crippen MR) is 77.5 cm³/mol. The lowest BCUT2D eigenvalue weighted by Crippen LogP contribution is -2.55. The van der Waals surface area contributed by atoms with Crippen molar-refractivity contribution in [3.05, 3.63) is 35.4 Å². The quantitative estimate of drug-likeness (QED) is 0.850. The molecule has 0 aromatic heterocycles. The Morgan fingerprint density at radius 3 is 2.76 bits per heavy atom. The van der Waals surface area contributed by atoms with E-state index < -0.39 is 0 Å². The first-order valence-electron chi connectivity index (χ1n) is 7.46. The highest BCUT2D eigenvalue weighted by atomic mass is 16.3. The molecular weight excluding hydrogens is 268 g/mol. The number of carbonyl (C=O) groups excluding carboxylic acids is 2. The van der Waals surface area contributed by atoms with E-state index in [9.17, 15) is 9.59 Å². The third kappa shape index (κ3) is 2.93. The van der Waals surface area contributed by atoms with Crippen LogP contribution in [0.5, 0.6) is 0 Å². The number of rotatable bonds is 2. The molecule has 2 atom stereocenters. The van der Waals surface area contributed by atoms with Crippen LogP contribution in [0.3, 0.4) is 0 Å². The number of nitrogens with zero attached hydrogens (tertiary/aromatic N) is 1. The summed E-state index contributed by atoms with van der Waals surface area (Å²) in [6.45, 7) is 1.38. The van der Waals surface area contributed by atoms with Gasteiger partial charge in [0.25, 0.3) is 5.91 Å². The molecule has 2 unspecified atom stereocenters. The van der Waals surface area contributed by atoms with Gasteiger partial charge in [0.1, 0.15) is 0 Å². The number of amides is 2. The number of piperidine rings is 2. The summed E-state index contributed by atoms with van der Waals surface area (Å²) in [6, 6.07) is 7.32. The standard InChI is InChI=1S/C16H20N2O3/c19-10-11-1-3-12(4-2-11)16(21)18-8-7-14-13(9-18)5-6-15(20)17-14/h1-4,13-14,19H,5-10H2,(H,17,20). The smallest absolute Gasteiger partial charge is 0.253 e. The number of fused-ring (bicyclic) bond motifs is 1. The van der Waals surface area contributed by atoms with E-state index in [2.05, 4.69) is 5.32 Å². The Labute approximate surface area is 123 Å². The van der Waals surface area contributed by atoms with Crippen molar-refractivity contribution in [2.24, 2.45) is 5.92 Å². The number of aliphatic hydroxyl groups excluding tert-OH is 1. The van der Waals surface area contributed by atoms with Crippen molar-refractivity contribution in [1.82, 2.24) is 10.2 Å². The monoisotopic (exact) mass is 288 g/mol. The molecule has 0 saturated carbocycles. The average molecular weight is 288 g/mol. The fraction of sp³-hybridized carbons (Fsp3) is 0.500. The minimum Gasteiger partial charge on any atom is -0.392 e. The fourth-order valence-electron chi connectivity index (χ4n) is 3.23. The molecular formula is C16H20N2O3. The first kappa shape index (κ1) is 14.1. The van der Waals surface area contributed by atoms with Gasteiger partial charge in [0.2, 0.25) is 5.91 Å². The third-order valence-electron chi connectivity index (χ3n) is 4.49. The maximum Gasteiger partial charge on any atom is 0.253 e. The van der Waals surface area contributed by atoms with E-state index >= 15 is 0 Å². The van der Waals surface area contributed by atoms with Gasteiger partial charge in [-0.05, 0) is 36.5 Å². The molecule has 2 aliphatic rings. The topological polar surface area (TPSA) is 69.6 Å². The molecule has 2 aliphatic heterocycles. The van der Waals surface area contributed by atoms with E-state index in [-0.39, 0.29) is 24.5 Å². The molecule has 1 aromatic carbocycles. The van der Waals surface area contributed by atoms with Gasteiger partial charge in [-0.15, -0.1) is 0 Å². The van der Waals surface area contributed by atoms with Crippen molar-refractivity contribution < 1.29 is 14.7 Å². The first-order chi connectivity index (χ1) is 10.2. The Balaban J connectivity index is 1.67. The van der Waals surface area contributed by atoms with Crippen LogP contribution in [-0.2, 0) is 11.4 Å². The first-order valence-corrected chi connectivity index (χ1v) is 7.46. The molecule has 0 aliphatic carbocycles. The van der Waals surface area contributed by atoms with Crippen molar-refractivity contribution in [3.63, 3.8) is 0 Å². The van der Waals surface area contributed by atoms with Crippen LogP contribution in [0.2, 0.25) is 0 Å². The average Bonchev–Trinajstić information content (AvgIpc) is 2.53. The van der Waals surface area contributed by atoms with Crippen molar-refractivity contribution in [2.75, 3.05) is 13.1 Å². The molecule has 2 N–H and O–H groups in total. The number of hydrogen-bond acceptors (Lipinski definition) is 3. The molecule has 0 bridgehead atoms. The number of likely N-dealkylation sites (tertiary alicyclic amines) is 1. The molecule has 21 heavy (non-hydrogen) atoms. The summed E-state index contributed by atoms with van der Waals surface area (Å²) in [6.07, 6.45) is 2.26. The minimum atomic E-state index is -0.0123. The molecule has 112 valence electrons. The Morgan fingerprint density at radius 1 is 1.29 bits per heavy atom. The summed E-state index contributed by atoms with van der Waals surface area (Å²) in [5.41, 5.74) is 1.46. The van der Waals surface area contributed by atoms with Gasteiger partial charge < -0.3 is 15.3 Å². The van der Waals surface area contributed by atoms with Crippen LogP contribution >= 0.6 is 0 Å². The number of nitrogens with one attached hydrogen (secondary N) is 1. The summed E-state index contributed by atoms with van der Waals surface area (Å²) >= 11 is 0. The maximum atomic E-state index is 12.5. The van der Waals surface area contributed by atoms with E-state index in [1.807, 2.05) is 4.90 Å². The van der Waals surface area contributed by atoms with Crippen LogP contribution in [0, 0.1) is 5.92 Å². The SMILES string of the molecule is O=C1CCC2CN(C(=O)c3ccc(CO)cc3)CCC2N1. The third-order valence-corrected chi connectivity index (χ3v) is 4.49. The molecule has 2 heterocycles. The van der Waals surface area contributed by atoms with E-state index in [1.54, 1.807) is 24.3 Å². The van der Waals surface area contributed by atoms with Crippen LogP contribution in [0.15, 0.2) is 24.3 Å². The van der Waals surface area contributed by atoms with Crippen molar-refractivity contribution in [2.45, 2.75) is 31.9 Å². The van der Waals surface area contributed by atoms with Crippen LogP contribution < -0.4 is 5.32 Å². The Morgan fingerprint density at radius 2 is 2.05 bits per heavy atom. The Bertz CT molecular complexity index is 541. The zero-order chi connectivity index (χ0) is 14.8. The second-order valence-electron chi connectivity index (χ2n) is 5.87. The summed E-state index contributed by atoms with van der Waals surface area (Å²) in [4.78, 5) is 25.8. The summed E-state index contributed by atoms with van der Waals surface area (Å²) in [5.74, 6) is 0.544. The zero-order valence-electron chi connectivity index (χ0n) is 11.9. The highest BCUT2D eigenvalue weighted by molar-refractivity contribution is 5.94. The summed E-state index contributed by atoms with van der Waals surface area (Å²) < 4.78 is 0. The normalized spacial score (nSPS) is 25.2. The second kappa shape index (κ2) is 5.85. The predicted octanol–water partition coefficient (Wildman–Crippen LogP) is 0.920. The second-order valence-corrected chi connectivity index (χ2v) is 5.87. The van der Waals surface area contributed by atoms with Gasteiger partial charge in [0.15, 0.2) is 0 Å². The fourth-order valence-corrected chi connectivity index (χ4v) is 3.23. The molecule has 0 radical (unpaired) electrons. The number of benzene rings is 1. The molecule has 0 spiro atoms. The van der Waals surface area contributed by atoms with Crippen LogP contribution in [-0.4, -0.2) is 41.0 Å². The van der Waals surface area contributed by atoms with Gasteiger partial charge in [-0.1, -0.05) is 12.1 Å². The Kier molecular flexibility index (Phi) is 3.92. The molecule has 2 fully saturated rings. The number of aliphatic hydroxyl groups is 1. The van der Waals surface area contributed by atoms with E-state index in [0.717, 1.165) is 18.4 Å². The lowest BCUT2D eigenvalue weighted by atomic mass is 9.85. The summed E-state index contributed by atoms with van der Waals surface area (Å²) in [7, 11) is 0. The molecule has 1 aromatic rings. The Hall–Kier alpha value is -1.88. The molecule has 2 amide bonds. The van der Waals surface area contributed by atoms with E-state index in [1.165, 1.54) is 0 Å². The van der Waals surface area contributed by atoms with Gasteiger partial charge in [0, 0.05) is 31.1 Å². The molecule has 5 nitrogen and oxygen atoms in total. The van der Waals surface area contributed by atoms with Crippen molar-refractivity contribution in [1.29, 1.82) is 0 Å². The van der Waals surface area contributed by atoms with Crippen molar-refractivity contribution in [3.8, 4) is 0 Å². The molecule has 5 heteroatoms. The molecule has 2 saturated heterocycles. The highest BCUT2D eigenvalue weighted by Crippen LogP contribution is 2.26. The molecule has 3 rings (SSSR count). The largest absolute Gasteiger partial charge is 0.392 e. The van der Waals surface area contributed by atoms with E-state index in [0.29, 0.717) is 31.0 Å². The van der Waals surface area contributed by atoms with Crippen LogP contribution in [0.1, 0.15) is 35.2 Å². The number of carbonyl (C=O) groups is 2. The van der Waals surface area contributed by atoms with E-state index in [4.69, 9.17) is 5.11 Å². The van der Waals surface area contributed by atoms with Gasteiger partial charge >= 0.3 is 0 Å². The summed E-state index contributed by atoms with van der Waals surface area (Å²) in [5, 5.41) is 12.1. The van der Waals surface area contributed by atoms with Gasteiger partial charge in [-0.25, -0.2) is 0 Å². The van der Waals surface area contributed by atoms with Crippen LogP contribution in [0.4, 0.5) is 0 Å². The van der Waals surface area contributed by atoms with Crippen LogP contribution in [0.25, 0.3) is 0 Å². The van der Waals surface area contributed by atoms with Gasteiger partial charge in [-0.3, -0.25) is 9.59 Å². The maximum absolute atomic E-state index is 12.5. The van der Waals surface area contributed by atoms with Gasteiger partial charge in [-0.2, -0.15) is 0 Å². The lowest BCUT2D eigenvalue weighted by molar-refractivity contribution is -0.125. The highest BCUT2D eigenvalue weighted by Gasteiger charge is 2.35. The zero-order valence-corrected chi connectivity index (χ0v) is 11.9.